The number of hydrogen-bond donors (Lipinski definition) is 0. The summed E-state index contributed by atoms with van der Waals surface area (Å²) in [6.07, 6.45) is 3.15. The highest BCUT2D eigenvalue weighted by molar-refractivity contribution is 9.10. The Bertz CT molecular complexity index is 634. The lowest BCUT2D eigenvalue weighted by Gasteiger charge is -2.03. The zero-order valence-corrected chi connectivity index (χ0v) is 13.9. The second kappa shape index (κ2) is 8.00. The van der Waals surface area contributed by atoms with Crippen molar-refractivity contribution in [2.24, 2.45) is 0 Å². The third-order valence-electron chi connectivity index (χ3n) is 2.54. The van der Waals surface area contributed by atoms with E-state index >= 15 is 0 Å². The van der Waals surface area contributed by atoms with Gasteiger partial charge in [-0.3, -0.25) is 0 Å². The Morgan fingerprint density at radius 3 is 2.95 bits per heavy atom. The Labute approximate surface area is 136 Å². The third-order valence-corrected chi connectivity index (χ3v) is 4.00. The Hall–Kier alpha value is -1.59. The molecule has 5 heteroatoms. The summed E-state index contributed by atoms with van der Waals surface area (Å²) in [5.74, 6) is -0.331. The van der Waals surface area contributed by atoms with Gasteiger partial charge in [-0.15, -0.1) is 0 Å². The molecule has 2 aromatic rings. The first-order valence-electron chi connectivity index (χ1n) is 6.49. The number of carbonyl (C=O) groups is 1. The number of rotatable bonds is 6. The van der Waals surface area contributed by atoms with E-state index in [1.54, 1.807) is 13.0 Å². The van der Waals surface area contributed by atoms with Gasteiger partial charge in [-0.1, -0.05) is 39.4 Å². The monoisotopic (exact) mass is 366 g/mol. The van der Waals surface area contributed by atoms with E-state index in [1.807, 2.05) is 36.4 Å². The minimum Gasteiger partial charge on any atom is -0.479 e. The summed E-state index contributed by atoms with van der Waals surface area (Å²) in [5.41, 5.74) is 1.10. The van der Waals surface area contributed by atoms with Crippen LogP contribution in [0.25, 0.3) is 6.08 Å². The molecule has 0 unspecified atom stereocenters. The number of carbonyl (C=O) groups excluding carboxylic acids is 1. The van der Waals surface area contributed by atoms with Crippen LogP contribution in [0.15, 0.2) is 46.9 Å². The normalized spacial score (nSPS) is 10.8. The van der Waals surface area contributed by atoms with Crippen LogP contribution in [-0.2, 0) is 16.1 Å². The van der Waals surface area contributed by atoms with Crippen LogP contribution < -0.4 is 4.74 Å². The maximum atomic E-state index is 11.2. The van der Waals surface area contributed by atoms with E-state index in [0.717, 1.165) is 20.0 Å². The molecule has 0 atom stereocenters. The SMILES string of the molecule is CCOC(=O)C=Cc1ccc(OCc2cccc(Br)c2)s1. The molecule has 21 heavy (non-hydrogen) atoms. The van der Waals surface area contributed by atoms with E-state index < -0.39 is 0 Å². The standard InChI is InChI=1S/C16H15BrO3S/c1-2-19-15(18)8-6-14-7-9-16(21-14)20-11-12-4-3-5-13(17)10-12/h3-10H,2,11H2,1H3. The van der Waals surface area contributed by atoms with Crippen LogP contribution in [0, 0.1) is 0 Å². The number of esters is 1. The van der Waals surface area contributed by atoms with Gasteiger partial charge in [0.05, 0.1) is 6.61 Å². The quantitative estimate of drug-likeness (QED) is 0.550. The first kappa shape index (κ1) is 15.8. The van der Waals surface area contributed by atoms with E-state index in [2.05, 4.69) is 15.9 Å². The molecule has 0 radical (unpaired) electrons. The highest BCUT2D eigenvalue weighted by atomic mass is 79.9. The fourth-order valence-corrected chi connectivity index (χ4v) is 2.83. The molecule has 0 saturated carbocycles. The Balaban J connectivity index is 1.90. The van der Waals surface area contributed by atoms with Crippen LogP contribution in [0.2, 0.25) is 0 Å². The topological polar surface area (TPSA) is 35.5 Å². The van der Waals surface area contributed by atoms with Crippen LogP contribution in [0.4, 0.5) is 0 Å². The molecule has 0 aliphatic rings. The minimum absolute atomic E-state index is 0.331. The lowest BCUT2D eigenvalue weighted by molar-refractivity contribution is -0.137. The molecule has 0 amide bonds. The number of thiophene rings is 1. The molecule has 3 nitrogen and oxygen atoms in total. The average molecular weight is 367 g/mol. The molecule has 0 fully saturated rings. The number of benzene rings is 1. The van der Waals surface area contributed by atoms with Crippen molar-refractivity contribution >= 4 is 39.3 Å². The molecule has 1 aromatic heterocycles. The van der Waals surface area contributed by atoms with Gasteiger partial charge in [-0.25, -0.2) is 4.79 Å². The predicted molar refractivity (Wildman–Crippen MR) is 88.5 cm³/mol. The maximum Gasteiger partial charge on any atom is 0.330 e. The lowest BCUT2D eigenvalue weighted by Crippen LogP contribution is -1.98. The van der Waals surface area contributed by atoms with Gasteiger partial charge >= 0.3 is 5.97 Å². The zero-order valence-electron chi connectivity index (χ0n) is 11.5. The van der Waals surface area contributed by atoms with E-state index in [9.17, 15) is 4.79 Å². The Morgan fingerprint density at radius 2 is 2.19 bits per heavy atom. The molecule has 1 aromatic carbocycles. The highest BCUT2D eigenvalue weighted by Crippen LogP contribution is 2.26. The maximum absolute atomic E-state index is 11.2. The van der Waals surface area contributed by atoms with Crippen molar-refractivity contribution in [2.75, 3.05) is 6.61 Å². The largest absolute Gasteiger partial charge is 0.479 e. The molecule has 0 aliphatic heterocycles. The molecule has 0 bridgehead atoms. The van der Waals surface area contributed by atoms with Crippen molar-refractivity contribution in [3.8, 4) is 5.06 Å². The minimum atomic E-state index is -0.331. The van der Waals surface area contributed by atoms with Gasteiger partial charge in [-0.05, 0) is 42.8 Å². The summed E-state index contributed by atoms with van der Waals surface area (Å²) in [6.45, 7) is 2.68. The van der Waals surface area contributed by atoms with Gasteiger partial charge in [0.1, 0.15) is 6.61 Å². The van der Waals surface area contributed by atoms with Crippen molar-refractivity contribution in [3.05, 3.63) is 57.4 Å². The molecular formula is C16H15BrO3S. The van der Waals surface area contributed by atoms with E-state index in [1.165, 1.54) is 17.4 Å². The highest BCUT2D eigenvalue weighted by Gasteiger charge is 2.01. The van der Waals surface area contributed by atoms with E-state index in [0.29, 0.717) is 13.2 Å². The van der Waals surface area contributed by atoms with Gasteiger partial charge in [0, 0.05) is 15.4 Å². The summed E-state index contributed by atoms with van der Waals surface area (Å²) in [5, 5.41) is 0.818. The van der Waals surface area contributed by atoms with Crippen LogP contribution in [0.3, 0.4) is 0 Å². The van der Waals surface area contributed by atoms with Gasteiger partial charge in [0.25, 0.3) is 0 Å². The fraction of sp³-hybridized carbons (Fsp3) is 0.188. The van der Waals surface area contributed by atoms with Crippen molar-refractivity contribution in [1.29, 1.82) is 0 Å². The average Bonchev–Trinajstić information content (AvgIpc) is 2.91. The summed E-state index contributed by atoms with van der Waals surface area (Å²) >= 11 is 4.92. The molecule has 0 N–H and O–H groups in total. The molecule has 0 spiro atoms. The fourth-order valence-electron chi connectivity index (χ4n) is 1.62. The second-order valence-corrected chi connectivity index (χ2v) is 6.15. The molecular weight excluding hydrogens is 352 g/mol. The summed E-state index contributed by atoms with van der Waals surface area (Å²) in [7, 11) is 0. The van der Waals surface area contributed by atoms with Crippen LogP contribution >= 0.6 is 27.3 Å². The second-order valence-electron chi connectivity index (χ2n) is 4.16. The van der Waals surface area contributed by atoms with Crippen molar-refractivity contribution in [3.63, 3.8) is 0 Å². The predicted octanol–water partition coefficient (Wildman–Crippen LogP) is 4.67. The molecule has 0 saturated heterocycles. The molecule has 110 valence electrons. The lowest BCUT2D eigenvalue weighted by atomic mass is 10.2. The van der Waals surface area contributed by atoms with Gasteiger partial charge in [0.2, 0.25) is 0 Å². The van der Waals surface area contributed by atoms with Gasteiger partial charge in [-0.2, -0.15) is 0 Å². The number of hydrogen-bond acceptors (Lipinski definition) is 4. The third kappa shape index (κ3) is 5.36. The summed E-state index contributed by atoms with van der Waals surface area (Å²) in [4.78, 5) is 12.2. The Kier molecular flexibility index (Phi) is 6.02. The van der Waals surface area contributed by atoms with Crippen molar-refractivity contribution < 1.29 is 14.3 Å². The van der Waals surface area contributed by atoms with Crippen LogP contribution in [-0.4, -0.2) is 12.6 Å². The number of halogens is 1. The Morgan fingerprint density at radius 1 is 1.33 bits per heavy atom. The van der Waals surface area contributed by atoms with E-state index in [4.69, 9.17) is 9.47 Å². The molecule has 1 heterocycles. The van der Waals surface area contributed by atoms with Gasteiger partial charge in [0.15, 0.2) is 5.06 Å². The summed E-state index contributed by atoms with van der Waals surface area (Å²) < 4.78 is 11.6. The van der Waals surface area contributed by atoms with Gasteiger partial charge < -0.3 is 9.47 Å². The zero-order chi connectivity index (χ0) is 15.1. The van der Waals surface area contributed by atoms with E-state index in [-0.39, 0.29) is 5.97 Å². The number of ether oxygens (including phenoxy) is 2. The summed E-state index contributed by atoms with van der Waals surface area (Å²) in [6, 6.07) is 11.8. The van der Waals surface area contributed by atoms with Crippen LogP contribution in [0.5, 0.6) is 5.06 Å². The van der Waals surface area contributed by atoms with Crippen molar-refractivity contribution in [1.82, 2.24) is 0 Å². The molecule has 0 aliphatic carbocycles. The first-order chi connectivity index (χ1) is 10.2. The molecule has 2 rings (SSSR count). The van der Waals surface area contributed by atoms with Crippen molar-refractivity contribution in [2.45, 2.75) is 13.5 Å². The van der Waals surface area contributed by atoms with Crippen LogP contribution in [0.1, 0.15) is 17.4 Å². The smallest absolute Gasteiger partial charge is 0.330 e. The first-order valence-corrected chi connectivity index (χ1v) is 8.10.